The van der Waals surface area contributed by atoms with E-state index >= 15 is 0 Å². The molecule has 2 fully saturated rings. The van der Waals surface area contributed by atoms with Crippen molar-refractivity contribution < 1.29 is 8.94 Å². The fourth-order valence-corrected chi connectivity index (χ4v) is 3.73. The predicted molar refractivity (Wildman–Crippen MR) is 83.3 cm³/mol. The minimum atomic E-state index is 0.716. The van der Waals surface area contributed by atoms with Crippen LogP contribution in [-0.4, -0.2) is 47.2 Å². The van der Waals surface area contributed by atoms with Gasteiger partial charge >= 0.3 is 0 Å². The van der Waals surface area contributed by atoms with E-state index in [0.717, 1.165) is 37.1 Å². The lowest BCUT2D eigenvalue weighted by molar-refractivity contribution is 0.109. The van der Waals surface area contributed by atoms with E-state index in [-0.39, 0.29) is 0 Å². The molecule has 0 radical (unpaired) electrons. The summed E-state index contributed by atoms with van der Waals surface area (Å²) in [6.07, 6.45) is 7.01. The van der Waals surface area contributed by atoms with E-state index in [4.69, 9.17) is 8.94 Å². The highest BCUT2D eigenvalue weighted by molar-refractivity contribution is 5.49. The van der Waals surface area contributed by atoms with Gasteiger partial charge in [-0.3, -0.25) is 9.80 Å². The van der Waals surface area contributed by atoms with Gasteiger partial charge < -0.3 is 8.94 Å². The standard InChI is InChI=1S/C17H23N3O2/c1-2-9-20(8-1)15-5-3-7-19(13-15)12-14-11-17(22-18-14)16-6-4-10-21-16/h4,6,10-11,15H,1-3,5,7-9,12-13H2. The van der Waals surface area contributed by atoms with Gasteiger partial charge in [0.15, 0.2) is 5.76 Å². The number of piperidine rings is 1. The van der Waals surface area contributed by atoms with Crippen LogP contribution in [0.15, 0.2) is 33.4 Å². The molecule has 4 heterocycles. The number of likely N-dealkylation sites (tertiary alicyclic amines) is 2. The Morgan fingerprint density at radius 2 is 2.05 bits per heavy atom. The SMILES string of the molecule is c1coc(-c2cc(CN3CCCC(N4CCCC4)C3)no2)c1. The van der Waals surface area contributed by atoms with Crippen molar-refractivity contribution in [3.05, 3.63) is 30.2 Å². The summed E-state index contributed by atoms with van der Waals surface area (Å²) in [6.45, 7) is 5.75. The molecule has 1 atom stereocenters. The molecule has 0 saturated carbocycles. The number of hydrogen-bond acceptors (Lipinski definition) is 5. The molecule has 5 nitrogen and oxygen atoms in total. The fourth-order valence-electron chi connectivity index (χ4n) is 3.73. The second kappa shape index (κ2) is 6.26. The van der Waals surface area contributed by atoms with Gasteiger partial charge in [-0.1, -0.05) is 5.16 Å². The maximum Gasteiger partial charge on any atom is 0.202 e. The third kappa shape index (κ3) is 2.96. The molecule has 118 valence electrons. The molecule has 0 aromatic carbocycles. The number of hydrogen-bond donors (Lipinski definition) is 0. The monoisotopic (exact) mass is 301 g/mol. The molecule has 5 heteroatoms. The van der Waals surface area contributed by atoms with E-state index in [1.165, 1.54) is 38.8 Å². The summed E-state index contributed by atoms with van der Waals surface area (Å²) in [4.78, 5) is 5.18. The lowest BCUT2D eigenvalue weighted by Gasteiger charge is -2.37. The van der Waals surface area contributed by atoms with Crippen LogP contribution in [0.3, 0.4) is 0 Å². The fraction of sp³-hybridized carbons (Fsp3) is 0.588. The smallest absolute Gasteiger partial charge is 0.202 e. The number of rotatable bonds is 4. The molecular weight excluding hydrogens is 278 g/mol. The molecule has 2 aromatic rings. The summed E-state index contributed by atoms with van der Waals surface area (Å²) >= 11 is 0. The Morgan fingerprint density at radius 1 is 1.14 bits per heavy atom. The van der Waals surface area contributed by atoms with Crippen LogP contribution in [0.25, 0.3) is 11.5 Å². The molecule has 2 aliphatic heterocycles. The van der Waals surface area contributed by atoms with E-state index in [2.05, 4.69) is 15.0 Å². The number of aromatic nitrogens is 1. The van der Waals surface area contributed by atoms with E-state index < -0.39 is 0 Å². The Hall–Kier alpha value is -1.59. The van der Waals surface area contributed by atoms with Crippen LogP contribution in [-0.2, 0) is 6.54 Å². The van der Waals surface area contributed by atoms with Crippen LogP contribution in [0, 0.1) is 0 Å². The predicted octanol–water partition coefficient (Wildman–Crippen LogP) is 2.99. The van der Waals surface area contributed by atoms with Crippen LogP contribution in [0.2, 0.25) is 0 Å². The van der Waals surface area contributed by atoms with Crippen LogP contribution in [0.1, 0.15) is 31.4 Å². The third-order valence-electron chi connectivity index (χ3n) is 4.85. The molecule has 0 spiro atoms. The molecular formula is C17H23N3O2. The van der Waals surface area contributed by atoms with Crippen molar-refractivity contribution in [2.24, 2.45) is 0 Å². The normalized spacial score (nSPS) is 24.1. The van der Waals surface area contributed by atoms with Crippen molar-refractivity contribution in [3.8, 4) is 11.5 Å². The van der Waals surface area contributed by atoms with Gasteiger partial charge in [0, 0.05) is 25.2 Å². The Kier molecular flexibility index (Phi) is 3.99. The molecule has 0 bridgehead atoms. The summed E-state index contributed by atoms with van der Waals surface area (Å²) in [5.74, 6) is 1.46. The lowest BCUT2D eigenvalue weighted by atomic mass is 10.0. The second-order valence-electron chi connectivity index (χ2n) is 6.43. The van der Waals surface area contributed by atoms with Crippen LogP contribution < -0.4 is 0 Å². The van der Waals surface area contributed by atoms with E-state index in [0.29, 0.717) is 5.76 Å². The highest BCUT2D eigenvalue weighted by atomic mass is 16.5. The largest absolute Gasteiger partial charge is 0.461 e. The van der Waals surface area contributed by atoms with Crippen LogP contribution >= 0.6 is 0 Å². The van der Waals surface area contributed by atoms with Gasteiger partial charge in [-0.25, -0.2) is 0 Å². The minimum absolute atomic E-state index is 0.716. The van der Waals surface area contributed by atoms with Gasteiger partial charge in [0.05, 0.1) is 12.0 Å². The molecule has 2 aliphatic rings. The Labute approximate surface area is 130 Å². The van der Waals surface area contributed by atoms with Gasteiger partial charge in [-0.15, -0.1) is 0 Å². The third-order valence-corrected chi connectivity index (χ3v) is 4.85. The van der Waals surface area contributed by atoms with Crippen LogP contribution in [0.5, 0.6) is 0 Å². The van der Waals surface area contributed by atoms with Gasteiger partial charge in [-0.05, 0) is 57.5 Å². The highest BCUT2D eigenvalue weighted by Gasteiger charge is 2.27. The highest BCUT2D eigenvalue weighted by Crippen LogP contribution is 2.24. The quantitative estimate of drug-likeness (QED) is 0.868. The van der Waals surface area contributed by atoms with Gasteiger partial charge in [0.25, 0.3) is 0 Å². The van der Waals surface area contributed by atoms with Crippen molar-refractivity contribution in [3.63, 3.8) is 0 Å². The van der Waals surface area contributed by atoms with Crippen molar-refractivity contribution >= 4 is 0 Å². The zero-order chi connectivity index (χ0) is 14.8. The van der Waals surface area contributed by atoms with E-state index in [1.54, 1.807) is 6.26 Å². The first-order valence-electron chi connectivity index (χ1n) is 8.34. The van der Waals surface area contributed by atoms with E-state index in [9.17, 15) is 0 Å². The van der Waals surface area contributed by atoms with Crippen molar-refractivity contribution in [2.75, 3.05) is 26.2 Å². The van der Waals surface area contributed by atoms with Gasteiger partial charge in [-0.2, -0.15) is 0 Å². The molecule has 0 aliphatic carbocycles. The van der Waals surface area contributed by atoms with Crippen LogP contribution in [0.4, 0.5) is 0 Å². The maximum absolute atomic E-state index is 5.40. The zero-order valence-electron chi connectivity index (χ0n) is 12.9. The molecule has 0 amide bonds. The Balaban J connectivity index is 1.38. The molecule has 22 heavy (non-hydrogen) atoms. The summed E-state index contributed by atoms with van der Waals surface area (Å²) < 4.78 is 10.7. The maximum atomic E-state index is 5.40. The Morgan fingerprint density at radius 3 is 2.86 bits per heavy atom. The number of furan rings is 1. The second-order valence-corrected chi connectivity index (χ2v) is 6.43. The summed E-state index contributed by atoms with van der Waals surface area (Å²) in [5.41, 5.74) is 0.994. The topological polar surface area (TPSA) is 45.7 Å². The first kappa shape index (κ1) is 14.0. The van der Waals surface area contributed by atoms with Gasteiger partial charge in [0.1, 0.15) is 0 Å². The van der Waals surface area contributed by atoms with Crippen molar-refractivity contribution in [2.45, 2.75) is 38.3 Å². The Bertz CT molecular complexity index is 587. The molecule has 1 unspecified atom stereocenters. The summed E-state index contributed by atoms with van der Waals surface area (Å²) in [5, 5.41) is 4.20. The van der Waals surface area contributed by atoms with Crippen molar-refractivity contribution in [1.82, 2.24) is 15.0 Å². The van der Waals surface area contributed by atoms with Gasteiger partial charge in [0.2, 0.25) is 5.76 Å². The zero-order valence-corrected chi connectivity index (χ0v) is 12.9. The number of nitrogens with zero attached hydrogens (tertiary/aromatic N) is 3. The minimum Gasteiger partial charge on any atom is -0.461 e. The summed E-state index contributed by atoms with van der Waals surface area (Å²) in [6, 6.07) is 6.49. The average molecular weight is 301 g/mol. The molecule has 0 N–H and O–H groups in total. The molecule has 2 aromatic heterocycles. The first-order valence-corrected chi connectivity index (χ1v) is 8.34. The van der Waals surface area contributed by atoms with Crippen molar-refractivity contribution in [1.29, 1.82) is 0 Å². The lowest BCUT2D eigenvalue weighted by Crippen LogP contribution is -2.46. The molecule has 2 saturated heterocycles. The first-order chi connectivity index (χ1) is 10.9. The summed E-state index contributed by atoms with van der Waals surface area (Å²) in [7, 11) is 0. The van der Waals surface area contributed by atoms with E-state index in [1.807, 2.05) is 18.2 Å². The average Bonchev–Trinajstić information content (AvgIpc) is 3.29. The molecule has 4 rings (SSSR count).